The summed E-state index contributed by atoms with van der Waals surface area (Å²) in [6.07, 6.45) is 8.39. The maximum Gasteiger partial charge on any atom is 0.00201 e. The van der Waals surface area contributed by atoms with Crippen LogP contribution in [-0.4, -0.2) is 13.1 Å². The van der Waals surface area contributed by atoms with Crippen LogP contribution < -0.4 is 5.32 Å². The molecule has 12 heavy (non-hydrogen) atoms. The highest BCUT2D eigenvalue weighted by molar-refractivity contribution is 5.24. The van der Waals surface area contributed by atoms with Gasteiger partial charge in [-0.1, -0.05) is 31.4 Å². The summed E-state index contributed by atoms with van der Waals surface area (Å²) in [5.41, 5.74) is 1.32. The summed E-state index contributed by atoms with van der Waals surface area (Å²) < 4.78 is 0. The summed E-state index contributed by atoms with van der Waals surface area (Å²) in [5, 5.41) is 3.39. The Kier molecular flexibility index (Phi) is 3.81. The van der Waals surface area contributed by atoms with Crippen LogP contribution in [0.5, 0.6) is 0 Å². The van der Waals surface area contributed by atoms with E-state index in [1.165, 1.54) is 18.4 Å². The van der Waals surface area contributed by atoms with Gasteiger partial charge in [-0.3, -0.25) is 0 Å². The number of hydrogen-bond acceptors (Lipinski definition) is 1. The van der Waals surface area contributed by atoms with Crippen molar-refractivity contribution in [3.8, 4) is 0 Å². The molecule has 0 saturated carbocycles. The van der Waals surface area contributed by atoms with Crippen molar-refractivity contribution in [2.45, 2.75) is 12.8 Å². The van der Waals surface area contributed by atoms with Crippen LogP contribution in [0.2, 0.25) is 0 Å². The summed E-state index contributed by atoms with van der Waals surface area (Å²) in [4.78, 5) is 0. The largest absolute Gasteiger partial charge is 0.316 e. The Bertz CT molecular complexity index is 185. The van der Waals surface area contributed by atoms with Gasteiger partial charge in [0.1, 0.15) is 0 Å². The van der Waals surface area contributed by atoms with Crippen molar-refractivity contribution >= 4 is 0 Å². The predicted octanol–water partition coefficient (Wildman–Crippen LogP) is 2.28. The van der Waals surface area contributed by atoms with Crippen LogP contribution >= 0.6 is 0 Å². The summed E-state index contributed by atoms with van der Waals surface area (Å²) in [6, 6.07) is 0. The molecule has 1 unspecified atom stereocenters. The SMILES string of the molecule is C=C/C=C(\C=C)C1CCCNC1. The Morgan fingerprint density at radius 2 is 2.25 bits per heavy atom. The molecule has 0 aliphatic carbocycles. The van der Waals surface area contributed by atoms with Gasteiger partial charge in [-0.2, -0.15) is 0 Å². The maximum atomic E-state index is 3.81. The molecule has 1 heteroatoms. The van der Waals surface area contributed by atoms with Gasteiger partial charge < -0.3 is 5.32 Å². The molecule has 1 saturated heterocycles. The third kappa shape index (κ3) is 2.35. The van der Waals surface area contributed by atoms with E-state index >= 15 is 0 Å². The van der Waals surface area contributed by atoms with Gasteiger partial charge in [-0.05, 0) is 30.9 Å². The Hall–Kier alpha value is -0.820. The zero-order chi connectivity index (χ0) is 8.81. The van der Waals surface area contributed by atoms with E-state index in [0.29, 0.717) is 5.92 Å². The van der Waals surface area contributed by atoms with Crippen molar-refractivity contribution in [2.24, 2.45) is 5.92 Å². The Morgan fingerprint density at radius 3 is 2.75 bits per heavy atom. The van der Waals surface area contributed by atoms with E-state index in [9.17, 15) is 0 Å². The number of nitrogens with one attached hydrogen (secondary N) is 1. The van der Waals surface area contributed by atoms with Crippen molar-refractivity contribution in [3.63, 3.8) is 0 Å². The first kappa shape index (κ1) is 9.27. The van der Waals surface area contributed by atoms with Crippen molar-refractivity contribution in [1.29, 1.82) is 0 Å². The minimum atomic E-state index is 0.647. The van der Waals surface area contributed by atoms with Crippen molar-refractivity contribution in [1.82, 2.24) is 5.32 Å². The summed E-state index contributed by atoms with van der Waals surface area (Å²) in [6.45, 7) is 9.76. The van der Waals surface area contributed by atoms with Gasteiger partial charge in [0.05, 0.1) is 0 Å². The fourth-order valence-electron chi connectivity index (χ4n) is 1.64. The average molecular weight is 163 g/mol. The number of piperidine rings is 1. The minimum absolute atomic E-state index is 0.647. The molecule has 0 radical (unpaired) electrons. The van der Waals surface area contributed by atoms with E-state index < -0.39 is 0 Å². The fourth-order valence-corrected chi connectivity index (χ4v) is 1.64. The summed E-state index contributed by atoms with van der Waals surface area (Å²) in [5.74, 6) is 0.647. The molecule has 1 fully saturated rings. The zero-order valence-corrected chi connectivity index (χ0v) is 7.55. The molecular weight excluding hydrogens is 146 g/mol. The van der Waals surface area contributed by atoms with Gasteiger partial charge >= 0.3 is 0 Å². The molecule has 0 aromatic rings. The molecule has 1 aliphatic heterocycles. The molecular formula is C11H17N. The second kappa shape index (κ2) is 4.94. The summed E-state index contributed by atoms with van der Waals surface area (Å²) >= 11 is 0. The predicted molar refractivity (Wildman–Crippen MR) is 54.1 cm³/mol. The molecule has 0 amide bonds. The van der Waals surface area contributed by atoms with Gasteiger partial charge in [0.15, 0.2) is 0 Å². The lowest BCUT2D eigenvalue weighted by atomic mass is 9.91. The molecule has 0 spiro atoms. The minimum Gasteiger partial charge on any atom is -0.316 e. The third-order valence-electron chi connectivity index (χ3n) is 2.31. The monoisotopic (exact) mass is 163 g/mol. The first-order valence-electron chi connectivity index (χ1n) is 4.54. The van der Waals surface area contributed by atoms with Gasteiger partial charge in [0, 0.05) is 6.54 Å². The van der Waals surface area contributed by atoms with E-state index in [0.717, 1.165) is 13.1 Å². The molecule has 1 N–H and O–H groups in total. The Labute approximate surface area is 74.9 Å². The van der Waals surface area contributed by atoms with Crippen molar-refractivity contribution in [2.75, 3.05) is 13.1 Å². The van der Waals surface area contributed by atoms with Gasteiger partial charge in [-0.25, -0.2) is 0 Å². The molecule has 1 heterocycles. The van der Waals surface area contributed by atoms with Crippen molar-refractivity contribution in [3.05, 3.63) is 37.0 Å². The average Bonchev–Trinajstić information content (AvgIpc) is 2.15. The molecule has 1 atom stereocenters. The highest BCUT2D eigenvalue weighted by Gasteiger charge is 2.14. The summed E-state index contributed by atoms with van der Waals surface area (Å²) in [7, 11) is 0. The second-order valence-corrected chi connectivity index (χ2v) is 3.15. The van der Waals surface area contributed by atoms with Crippen LogP contribution in [-0.2, 0) is 0 Å². The lowest BCUT2D eigenvalue weighted by Crippen LogP contribution is -2.30. The lowest BCUT2D eigenvalue weighted by Gasteiger charge is -2.23. The second-order valence-electron chi connectivity index (χ2n) is 3.15. The van der Waals surface area contributed by atoms with E-state index in [4.69, 9.17) is 0 Å². The smallest absolute Gasteiger partial charge is 0.00201 e. The topological polar surface area (TPSA) is 12.0 Å². The van der Waals surface area contributed by atoms with E-state index in [2.05, 4.69) is 24.6 Å². The molecule has 1 aliphatic rings. The molecule has 0 bridgehead atoms. The van der Waals surface area contributed by atoms with E-state index in [-0.39, 0.29) is 0 Å². The van der Waals surface area contributed by atoms with Crippen LogP contribution in [0.3, 0.4) is 0 Å². The molecule has 66 valence electrons. The highest BCUT2D eigenvalue weighted by atomic mass is 14.9. The van der Waals surface area contributed by atoms with E-state index in [1.807, 2.05) is 12.2 Å². The number of hydrogen-bond donors (Lipinski definition) is 1. The first-order valence-corrected chi connectivity index (χ1v) is 4.54. The van der Waals surface area contributed by atoms with Crippen LogP contribution in [0.1, 0.15) is 12.8 Å². The maximum absolute atomic E-state index is 3.81. The van der Waals surface area contributed by atoms with Crippen LogP contribution in [0, 0.1) is 5.92 Å². The van der Waals surface area contributed by atoms with Gasteiger partial charge in [-0.15, -0.1) is 0 Å². The molecule has 0 aromatic heterocycles. The Morgan fingerprint density at radius 1 is 1.42 bits per heavy atom. The van der Waals surface area contributed by atoms with Gasteiger partial charge in [0.2, 0.25) is 0 Å². The van der Waals surface area contributed by atoms with E-state index in [1.54, 1.807) is 0 Å². The fraction of sp³-hybridized carbons (Fsp3) is 0.455. The van der Waals surface area contributed by atoms with Crippen molar-refractivity contribution < 1.29 is 0 Å². The standard InChI is InChI=1S/C11H17N/c1-3-6-10(4-2)11-7-5-8-12-9-11/h3-4,6,11-12H,1-2,5,7-9H2/b10-6+. The molecule has 1 rings (SSSR count). The third-order valence-corrected chi connectivity index (χ3v) is 2.31. The zero-order valence-electron chi connectivity index (χ0n) is 7.55. The lowest BCUT2D eigenvalue weighted by molar-refractivity contribution is 0.427. The number of rotatable bonds is 3. The quantitative estimate of drug-likeness (QED) is 0.629. The van der Waals surface area contributed by atoms with Crippen LogP contribution in [0.4, 0.5) is 0 Å². The van der Waals surface area contributed by atoms with Crippen LogP contribution in [0.15, 0.2) is 37.0 Å². The first-order chi connectivity index (χ1) is 5.88. The normalized spacial score (nSPS) is 25.0. The Balaban J connectivity index is 2.57. The van der Waals surface area contributed by atoms with Gasteiger partial charge in [0.25, 0.3) is 0 Å². The number of allylic oxidation sites excluding steroid dienone is 3. The highest BCUT2D eigenvalue weighted by Crippen LogP contribution is 2.19. The van der Waals surface area contributed by atoms with Crippen LogP contribution in [0.25, 0.3) is 0 Å². The molecule has 1 nitrogen and oxygen atoms in total. The molecule has 0 aromatic carbocycles.